The van der Waals surface area contributed by atoms with E-state index in [0.29, 0.717) is 24.6 Å². The molecule has 1 unspecified atom stereocenters. The van der Waals surface area contributed by atoms with Crippen LogP contribution in [0.5, 0.6) is 0 Å². The fourth-order valence-corrected chi connectivity index (χ4v) is 2.16. The average Bonchev–Trinajstić information content (AvgIpc) is 2.99. The van der Waals surface area contributed by atoms with Crippen LogP contribution in [0, 0.1) is 0 Å². The molecule has 1 amide bonds. The lowest BCUT2D eigenvalue weighted by Crippen LogP contribution is -2.37. The van der Waals surface area contributed by atoms with Gasteiger partial charge in [-0.15, -0.1) is 0 Å². The first kappa shape index (κ1) is 13.8. The summed E-state index contributed by atoms with van der Waals surface area (Å²) in [5, 5.41) is 0. The molecule has 0 aromatic carbocycles. The van der Waals surface area contributed by atoms with Gasteiger partial charge in [0.1, 0.15) is 5.82 Å². The number of likely N-dealkylation sites (N-methyl/N-ethyl adjacent to an activating group) is 1. The summed E-state index contributed by atoms with van der Waals surface area (Å²) in [7, 11) is 1.81. The number of nitrogen functional groups attached to an aromatic ring is 1. The average molecular weight is 264 g/mol. The Kier molecular flexibility index (Phi) is 4.34. The zero-order chi connectivity index (χ0) is 13.8. The predicted molar refractivity (Wildman–Crippen MR) is 72.7 cm³/mol. The van der Waals surface area contributed by atoms with E-state index in [4.69, 9.17) is 10.6 Å². The monoisotopic (exact) mass is 264 g/mol. The molecule has 0 saturated carbocycles. The molecule has 1 aromatic heterocycles. The van der Waals surface area contributed by atoms with E-state index in [1.165, 1.54) is 0 Å². The van der Waals surface area contributed by atoms with Crippen molar-refractivity contribution in [3.8, 4) is 0 Å². The van der Waals surface area contributed by atoms with Gasteiger partial charge in [-0.25, -0.2) is 10.8 Å². The van der Waals surface area contributed by atoms with Crippen molar-refractivity contribution in [2.75, 3.05) is 25.7 Å². The van der Waals surface area contributed by atoms with E-state index in [0.717, 1.165) is 18.5 Å². The molecule has 0 spiro atoms. The van der Waals surface area contributed by atoms with Gasteiger partial charge in [-0.3, -0.25) is 4.79 Å². The molecule has 2 rings (SSSR count). The molecule has 0 radical (unpaired) electrons. The summed E-state index contributed by atoms with van der Waals surface area (Å²) in [6.45, 7) is 3.32. The van der Waals surface area contributed by atoms with E-state index in [2.05, 4.69) is 10.4 Å². The standard InChI is InChI=1S/C13H20N4O2/c1-3-10-6-9(7-12(15-10)16-14)13(18)17(2)11-4-5-19-8-11/h6-7,11H,3-5,8,14H2,1-2H3,(H,15,16). The number of aryl methyl sites for hydroxylation is 1. The molecule has 1 aliphatic rings. The molecule has 19 heavy (non-hydrogen) atoms. The topological polar surface area (TPSA) is 80.5 Å². The first-order chi connectivity index (χ1) is 9.15. The summed E-state index contributed by atoms with van der Waals surface area (Å²) < 4.78 is 5.32. The Bertz CT molecular complexity index is 436. The number of rotatable bonds is 4. The van der Waals surface area contributed by atoms with Crippen LogP contribution in [0.25, 0.3) is 0 Å². The first-order valence-corrected chi connectivity index (χ1v) is 6.48. The second kappa shape index (κ2) is 5.99. The quantitative estimate of drug-likeness (QED) is 0.621. The summed E-state index contributed by atoms with van der Waals surface area (Å²) in [5.74, 6) is 5.87. The van der Waals surface area contributed by atoms with E-state index in [9.17, 15) is 4.79 Å². The highest BCUT2D eigenvalue weighted by molar-refractivity contribution is 5.95. The van der Waals surface area contributed by atoms with Crippen molar-refractivity contribution in [2.45, 2.75) is 25.8 Å². The third-order valence-corrected chi connectivity index (χ3v) is 3.41. The molecule has 0 bridgehead atoms. The Labute approximate surface area is 112 Å². The van der Waals surface area contributed by atoms with Crippen LogP contribution in [-0.4, -0.2) is 42.1 Å². The molecule has 1 atom stereocenters. The number of hydrazine groups is 1. The molecule has 1 aromatic rings. The van der Waals surface area contributed by atoms with Crippen LogP contribution in [0.15, 0.2) is 12.1 Å². The first-order valence-electron chi connectivity index (χ1n) is 6.48. The number of carbonyl (C=O) groups is 1. The van der Waals surface area contributed by atoms with Gasteiger partial charge in [0.25, 0.3) is 5.91 Å². The number of carbonyl (C=O) groups excluding carboxylic acids is 1. The second-order valence-electron chi connectivity index (χ2n) is 4.66. The summed E-state index contributed by atoms with van der Waals surface area (Å²) >= 11 is 0. The van der Waals surface area contributed by atoms with Crippen molar-refractivity contribution >= 4 is 11.7 Å². The number of pyridine rings is 1. The third-order valence-electron chi connectivity index (χ3n) is 3.41. The number of nitrogens with two attached hydrogens (primary N) is 1. The largest absolute Gasteiger partial charge is 0.379 e. The minimum atomic E-state index is -0.0240. The van der Waals surface area contributed by atoms with Gasteiger partial charge in [0.05, 0.1) is 12.6 Å². The minimum Gasteiger partial charge on any atom is -0.379 e. The Balaban J connectivity index is 2.21. The highest BCUT2D eigenvalue weighted by Crippen LogP contribution is 2.17. The number of aromatic nitrogens is 1. The smallest absolute Gasteiger partial charge is 0.254 e. The summed E-state index contributed by atoms with van der Waals surface area (Å²) in [6, 6.07) is 3.64. The van der Waals surface area contributed by atoms with Crippen molar-refractivity contribution in [1.29, 1.82) is 0 Å². The maximum Gasteiger partial charge on any atom is 0.254 e. The zero-order valence-corrected chi connectivity index (χ0v) is 11.3. The number of ether oxygens (including phenoxy) is 1. The molecule has 1 aliphatic heterocycles. The highest BCUT2D eigenvalue weighted by atomic mass is 16.5. The van der Waals surface area contributed by atoms with Gasteiger partial charge in [0, 0.05) is 24.9 Å². The molecule has 2 heterocycles. The fourth-order valence-electron chi connectivity index (χ4n) is 2.16. The van der Waals surface area contributed by atoms with Gasteiger partial charge in [-0.05, 0) is 25.0 Å². The summed E-state index contributed by atoms with van der Waals surface area (Å²) in [4.78, 5) is 18.5. The minimum absolute atomic E-state index is 0.0240. The molecule has 1 saturated heterocycles. The highest BCUT2D eigenvalue weighted by Gasteiger charge is 2.25. The number of nitrogens with one attached hydrogen (secondary N) is 1. The molecule has 6 heteroatoms. The van der Waals surface area contributed by atoms with Crippen LogP contribution in [0.4, 0.5) is 5.82 Å². The molecule has 1 fully saturated rings. The lowest BCUT2D eigenvalue weighted by molar-refractivity contribution is 0.0711. The maximum atomic E-state index is 12.4. The Morgan fingerprint density at radius 1 is 1.63 bits per heavy atom. The van der Waals surface area contributed by atoms with Gasteiger partial charge in [-0.2, -0.15) is 0 Å². The molecular formula is C13H20N4O2. The Morgan fingerprint density at radius 3 is 3.00 bits per heavy atom. The fraction of sp³-hybridized carbons (Fsp3) is 0.538. The van der Waals surface area contributed by atoms with Gasteiger partial charge < -0.3 is 15.1 Å². The van der Waals surface area contributed by atoms with E-state index >= 15 is 0 Å². The van der Waals surface area contributed by atoms with Crippen LogP contribution in [0.2, 0.25) is 0 Å². The molecule has 104 valence electrons. The van der Waals surface area contributed by atoms with Crippen LogP contribution in [0.1, 0.15) is 29.4 Å². The van der Waals surface area contributed by atoms with Gasteiger partial charge in [-0.1, -0.05) is 6.92 Å². The number of amides is 1. The van der Waals surface area contributed by atoms with E-state index in [1.54, 1.807) is 11.0 Å². The van der Waals surface area contributed by atoms with Crippen molar-refractivity contribution in [3.05, 3.63) is 23.4 Å². The van der Waals surface area contributed by atoms with Gasteiger partial charge >= 0.3 is 0 Å². The van der Waals surface area contributed by atoms with Crippen molar-refractivity contribution in [1.82, 2.24) is 9.88 Å². The Hall–Kier alpha value is -1.66. The maximum absolute atomic E-state index is 12.4. The molecule has 0 aliphatic carbocycles. The molecule has 6 nitrogen and oxygen atoms in total. The van der Waals surface area contributed by atoms with E-state index < -0.39 is 0 Å². The SMILES string of the molecule is CCc1cc(C(=O)N(C)C2CCOC2)cc(NN)n1. The van der Waals surface area contributed by atoms with Crippen molar-refractivity contribution < 1.29 is 9.53 Å². The van der Waals surface area contributed by atoms with Crippen LogP contribution < -0.4 is 11.3 Å². The molecular weight excluding hydrogens is 244 g/mol. The Morgan fingerprint density at radius 2 is 2.42 bits per heavy atom. The van der Waals surface area contributed by atoms with Crippen molar-refractivity contribution in [3.63, 3.8) is 0 Å². The number of hydrogen-bond acceptors (Lipinski definition) is 5. The second-order valence-corrected chi connectivity index (χ2v) is 4.66. The number of nitrogens with zero attached hydrogens (tertiary/aromatic N) is 2. The third kappa shape index (κ3) is 3.02. The predicted octanol–water partition coefficient (Wildman–Crippen LogP) is 0.790. The van der Waals surface area contributed by atoms with E-state index in [-0.39, 0.29) is 11.9 Å². The van der Waals surface area contributed by atoms with Crippen LogP contribution in [0.3, 0.4) is 0 Å². The summed E-state index contributed by atoms with van der Waals surface area (Å²) in [5.41, 5.74) is 3.95. The lowest BCUT2D eigenvalue weighted by atomic mass is 10.1. The summed E-state index contributed by atoms with van der Waals surface area (Å²) in [6.07, 6.45) is 1.64. The zero-order valence-electron chi connectivity index (χ0n) is 11.3. The normalized spacial score (nSPS) is 18.4. The number of hydrogen-bond donors (Lipinski definition) is 2. The number of anilines is 1. The van der Waals surface area contributed by atoms with Crippen LogP contribution >= 0.6 is 0 Å². The van der Waals surface area contributed by atoms with E-state index in [1.807, 2.05) is 20.0 Å². The molecule has 3 N–H and O–H groups in total. The lowest BCUT2D eigenvalue weighted by Gasteiger charge is -2.23. The van der Waals surface area contributed by atoms with Gasteiger partial charge in [0.15, 0.2) is 0 Å². The van der Waals surface area contributed by atoms with Crippen LogP contribution in [-0.2, 0) is 11.2 Å². The van der Waals surface area contributed by atoms with Gasteiger partial charge in [0.2, 0.25) is 0 Å². The van der Waals surface area contributed by atoms with Crippen molar-refractivity contribution in [2.24, 2.45) is 5.84 Å².